The quantitative estimate of drug-likeness (QED) is 0.895. The Kier molecular flexibility index (Phi) is 4.02. The third-order valence-corrected chi connectivity index (χ3v) is 2.52. The van der Waals surface area contributed by atoms with Crippen molar-refractivity contribution in [1.29, 1.82) is 0 Å². The van der Waals surface area contributed by atoms with Crippen LogP contribution >= 0.6 is 0 Å². The molecule has 0 fully saturated rings. The van der Waals surface area contributed by atoms with Crippen LogP contribution in [0.2, 0.25) is 0 Å². The minimum atomic E-state index is -0.602. The minimum Gasteiger partial charge on any atom is -0.350 e. The third-order valence-electron chi connectivity index (χ3n) is 2.52. The number of rotatable bonds is 4. The van der Waals surface area contributed by atoms with Gasteiger partial charge in [0.1, 0.15) is 0 Å². The van der Waals surface area contributed by atoms with E-state index in [1.165, 1.54) is 18.3 Å². The first-order valence-corrected chi connectivity index (χ1v) is 5.70. The molecule has 0 aliphatic rings. The van der Waals surface area contributed by atoms with Gasteiger partial charge in [0, 0.05) is 12.7 Å². The molecular formula is C14H13FN2O. The van der Waals surface area contributed by atoms with Crippen LogP contribution in [-0.2, 0) is 6.42 Å². The van der Waals surface area contributed by atoms with Gasteiger partial charge in [0.2, 0.25) is 0 Å². The van der Waals surface area contributed by atoms with Crippen LogP contribution in [0, 0.1) is 5.82 Å². The largest absolute Gasteiger partial charge is 0.350 e. The number of hydrogen-bond donors (Lipinski definition) is 1. The van der Waals surface area contributed by atoms with Crippen molar-refractivity contribution in [2.24, 2.45) is 0 Å². The van der Waals surface area contributed by atoms with Crippen molar-refractivity contribution in [2.45, 2.75) is 6.42 Å². The van der Waals surface area contributed by atoms with Crippen LogP contribution in [0.4, 0.5) is 4.39 Å². The number of halogens is 1. The first-order valence-electron chi connectivity index (χ1n) is 5.70. The van der Waals surface area contributed by atoms with Crippen molar-refractivity contribution in [2.75, 3.05) is 6.54 Å². The molecule has 0 saturated carbocycles. The Balaban J connectivity index is 1.88. The van der Waals surface area contributed by atoms with E-state index in [-0.39, 0.29) is 5.69 Å². The fourth-order valence-corrected chi connectivity index (χ4v) is 1.60. The van der Waals surface area contributed by atoms with Gasteiger partial charge in [-0.1, -0.05) is 30.3 Å². The highest BCUT2D eigenvalue weighted by atomic mass is 19.1. The van der Waals surface area contributed by atoms with Crippen LogP contribution in [0.1, 0.15) is 16.1 Å². The molecule has 92 valence electrons. The fourth-order valence-electron chi connectivity index (χ4n) is 1.60. The van der Waals surface area contributed by atoms with Gasteiger partial charge in [-0.15, -0.1) is 0 Å². The van der Waals surface area contributed by atoms with Gasteiger partial charge < -0.3 is 5.32 Å². The Bertz CT molecular complexity index is 528. The van der Waals surface area contributed by atoms with Gasteiger partial charge >= 0.3 is 0 Å². The maximum absolute atomic E-state index is 13.3. The van der Waals surface area contributed by atoms with E-state index in [2.05, 4.69) is 10.3 Å². The lowest BCUT2D eigenvalue weighted by atomic mass is 10.1. The van der Waals surface area contributed by atoms with Crippen molar-refractivity contribution >= 4 is 5.91 Å². The summed E-state index contributed by atoms with van der Waals surface area (Å²) < 4.78 is 13.3. The van der Waals surface area contributed by atoms with E-state index in [0.717, 1.165) is 5.56 Å². The molecule has 0 saturated heterocycles. The van der Waals surface area contributed by atoms with Crippen LogP contribution in [-0.4, -0.2) is 17.4 Å². The molecule has 4 heteroatoms. The van der Waals surface area contributed by atoms with E-state index in [4.69, 9.17) is 0 Å². The Morgan fingerprint density at radius 1 is 1.17 bits per heavy atom. The van der Waals surface area contributed by atoms with Gasteiger partial charge in [0.05, 0.1) is 0 Å². The molecule has 0 spiro atoms. The second kappa shape index (κ2) is 5.91. The van der Waals surface area contributed by atoms with Gasteiger partial charge in [-0.25, -0.2) is 9.37 Å². The van der Waals surface area contributed by atoms with E-state index in [9.17, 15) is 9.18 Å². The number of nitrogens with one attached hydrogen (secondary N) is 1. The van der Waals surface area contributed by atoms with Crippen molar-refractivity contribution < 1.29 is 9.18 Å². The van der Waals surface area contributed by atoms with Crippen LogP contribution in [0.25, 0.3) is 0 Å². The van der Waals surface area contributed by atoms with E-state index < -0.39 is 11.7 Å². The number of nitrogens with zero attached hydrogens (tertiary/aromatic N) is 1. The SMILES string of the molecule is O=C(NCCc1ccccc1)c1ncccc1F. The fraction of sp³-hybridized carbons (Fsp3) is 0.143. The van der Waals surface area contributed by atoms with Crippen molar-refractivity contribution in [3.8, 4) is 0 Å². The summed E-state index contributed by atoms with van der Waals surface area (Å²) in [6, 6.07) is 12.5. The minimum absolute atomic E-state index is 0.162. The molecule has 0 radical (unpaired) electrons. The van der Waals surface area contributed by atoms with Crippen molar-refractivity contribution in [3.05, 3.63) is 65.7 Å². The summed E-state index contributed by atoms with van der Waals surface area (Å²) in [4.78, 5) is 15.4. The highest BCUT2D eigenvalue weighted by Gasteiger charge is 2.11. The molecule has 0 aliphatic carbocycles. The zero-order valence-electron chi connectivity index (χ0n) is 9.77. The number of hydrogen-bond acceptors (Lipinski definition) is 2. The van der Waals surface area contributed by atoms with Gasteiger partial charge in [-0.2, -0.15) is 0 Å². The van der Waals surface area contributed by atoms with E-state index in [1.54, 1.807) is 0 Å². The van der Waals surface area contributed by atoms with Crippen LogP contribution < -0.4 is 5.32 Å². The second-order valence-electron chi connectivity index (χ2n) is 3.83. The predicted octanol–water partition coefficient (Wildman–Crippen LogP) is 2.19. The zero-order chi connectivity index (χ0) is 12.8. The maximum Gasteiger partial charge on any atom is 0.272 e. The molecule has 1 N–H and O–H groups in total. The topological polar surface area (TPSA) is 42.0 Å². The van der Waals surface area contributed by atoms with Crippen LogP contribution in [0.3, 0.4) is 0 Å². The molecule has 2 aromatic rings. The summed E-state index contributed by atoms with van der Waals surface area (Å²) in [7, 11) is 0. The van der Waals surface area contributed by atoms with E-state index in [1.807, 2.05) is 30.3 Å². The summed E-state index contributed by atoms with van der Waals surface area (Å²) in [6.45, 7) is 0.457. The van der Waals surface area contributed by atoms with Crippen molar-refractivity contribution in [3.63, 3.8) is 0 Å². The standard InChI is InChI=1S/C14H13FN2O/c15-12-7-4-9-16-13(12)14(18)17-10-8-11-5-2-1-3-6-11/h1-7,9H,8,10H2,(H,17,18). The van der Waals surface area contributed by atoms with Crippen molar-refractivity contribution in [1.82, 2.24) is 10.3 Å². The lowest BCUT2D eigenvalue weighted by Crippen LogP contribution is -2.27. The lowest BCUT2D eigenvalue weighted by molar-refractivity contribution is 0.0944. The first-order chi connectivity index (χ1) is 8.77. The molecular weight excluding hydrogens is 231 g/mol. The van der Waals surface area contributed by atoms with E-state index in [0.29, 0.717) is 13.0 Å². The third kappa shape index (κ3) is 3.13. The molecule has 18 heavy (non-hydrogen) atoms. The predicted molar refractivity (Wildman–Crippen MR) is 66.7 cm³/mol. The monoisotopic (exact) mass is 244 g/mol. The molecule has 1 heterocycles. The second-order valence-corrected chi connectivity index (χ2v) is 3.83. The molecule has 3 nitrogen and oxygen atoms in total. The maximum atomic E-state index is 13.3. The normalized spacial score (nSPS) is 10.1. The summed E-state index contributed by atoms with van der Waals surface area (Å²) >= 11 is 0. The van der Waals surface area contributed by atoms with E-state index >= 15 is 0 Å². The Hall–Kier alpha value is -2.23. The summed E-state index contributed by atoms with van der Waals surface area (Å²) in [5, 5.41) is 2.65. The van der Waals surface area contributed by atoms with Gasteiger partial charge in [-0.05, 0) is 24.1 Å². The first kappa shape index (κ1) is 12.2. The molecule has 0 aliphatic heterocycles. The molecule has 1 aromatic heterocycles. The highest BCUT2D eigenvalue weighted by molar-refractivity contribution is 5.92. The summed E-state index contributed by atoms with van der Waals surface area (Å²) in [5.74, 6) is -1.08. The Labute approximate surface area is 105 Å². The smallest absolute Gasteiger partial charge is 0.272 e. The lowest BCUT2D eigenvalue weighted by Gasteiger charge is -2.05. The zero-order valence-corrected chi connectivity index (χ0v) is 9.77. The number of benzene rings is 1. The highest BCUT2D eigenvalue weighted by Crippen LogP contribution is 2.02. The Morgan fingerprint density at radius 2 is 1.94 bits per heavy atom. The number of carbonyl (C=O) groups is 1. The molecule has 1 amide bonds. The molecule has 0 atom stereocenters. The molecule has 2 rings (SSSR count). The average Bonchev–Trinajstić information content (AvgIpc) is 2.40. The number of amides is 1. The van der Waals surface area contributed by atoms with Gasteiger partial charge in [0.15, 0.2) is 11.5 Å². The number of pyridine rings is 1. The van der Waals surface area contributed by atoms with Crippen LogP contribution in [0.15, 0.2) is 48.7 Å². The molecule has 0 unspecified atom stereocenters. The molecule has 1 aromatic carbocycles. The van der Waals surface area contributed by atoms with Gasteiger partial charge in [-0.3, -0.25) is 4.79 Å². The number of aromatic nitrogens is 1. The van der Waals surface area contributed by atoms with Gasteiger partial charge in [0.25, 0.3) is 5.91 Å². The molecule has 0 bridgehead atoms. The van der Waals surface area contributed by atoms with Crippen LogP contribution in [0.5, 0.6) is 0 Å². The average molecular weight is 244 g/mol. The number of carbonyl (C=O) groups excluding carboxylic acids is 1. The summed E-state index contributed by atoms with van der Waals surface area (Å²) in [6.07, 6.45) is 2.11. The Morgan fingerprint density at radius 3 is 2.67 bits per heavy atom. The summed E-state index contributed by atoms with van der Waals surface area (Å²) in [5.41, 5.74) is 0.963.